The number of carbonyl (C=O) groups excluding carboxylic acids is 1. The van der Waals surface area contributed by atoms with Crippen LogP contribution < -0.4 is 14.8 Å². The molecule has 202 valence electrons. The Bertz CT molecular complexity index is 1680. The number of carbonyl (C=O) groups is 2. The first-order valence-electron chi connectivity index (χ1n) is 12.3. The number of benzene rings is 3. The summed E-state index contributed by atoms with van der Waals surface area (Å²) in [6.07, 6.45) is 1.74. The first kappa shape index (κ1) is 26.7. The number of hydrogen-bond acceptors (Lipinski definition) is 6. The molecule has 0 radical (unpaired) electrons. The summed E-state index contributed by atoms with van der Waals surface area (Å²) in [6, 6.07) is 21.9. The van der Waals surface area contributed by atoms with E-state index >= 15 is 0 Å². The molecule has 0 saturated carbocycles. The molecule has 3 aromatic carbocycles. The smallest absolute Gasteiger partial charge is 0.326 e. The van der Waals surface area contributed by atoms with Crippen LogP contribution in [-0.4, -0.2) is 52.0 Å². The lowest BCUT2D eigenvalue weighted by Gasteiger charge is -2.15. The molecule has 40 heavy (non-hydrogen) atoms. The molecular formula is C30H25ClN4O5. The van der Waals surface area contributed by atoms with Gasteiger partial charge in [0.2, 0.25) is 0 Å². The lowest BCUT2D eigenvalue weighted by molar-refractivity contribution is -0.139. The standard InChI is InChI=1S/C30H25ClN4O5/c1-39-26-9-6-10-27(40-2)28(26)25-17-22(29(36)33-23(30(37)38)15-18-7-4-3-5-8-18)34-35(25)24-13-14-32-21-16-19(31)11-12-20(21)24/h3-14,16-17,23H,15H2,1-2H3,(H,33,36)(H,37,38)/t23-/m0/s1. The lowest BCUT2D eigenvalue weighted by atomic mass is 10.1. The molecule has 0 bridgehead atoms. The fourth-order valence-electron chi connectivity index (χ4n) is 4.53. The molecule has 5 aromatic rings. The van der Waals surface area contributed by atoms with Gasteiger partial charge in [-0.25, -0.2) is 9.48 Å². The molecule has 9 nitrogen and oxygen atoms in total. The van der Waals surface area contributed by atoms with Crippen molar-refractivity contribution in [2.45, 2.75) is 12.5 Å². The molecule has 0 aliphatic heterocycles. The van der Waals surface area contributed by atoms with Gasteiger partial charge in [-0.05, 0) is 48.0 Å². The fourth-order valence-corrected chi connectivity index (χ4v) is 4.70. The number of carboxylic acids is 1. The normalized spacial score (nSPS) is 11.7. The third-order valence-corrected chi connectivity index (χ3v) is 6.66. The van der Waals surface area contributed by atoms with Crippen LogP contribution in [0.15, 0.2) is 85.1 Å². The van der Waals surface area contributed by atoms with Gasteiger partial charge in [-0.1, -0.05) is 48.0 Å². The van der Waals surface area contributed by atoms with Crippen molar-refractivity contribution in [3.8, 4) is 28.4 Å². The predicted molar refractivity (Wildman–Crippen MR) is 151 cm³/mol. The Morgan fingerprint density at radius 1 is 0.975 bits per heavy atom. The SMILES string of the molecule is COc1cccc(OC)c1-c1cc(C(=O)N[C@@H](Cc2ccccc2)C(=O)O)nn1-c1ccnc2cc(Cl)ccc12. The van der Waals surface area contributed by atoms with Gasteiger partial charge in [0.25, 0.3) is 5.91 Å². The Morgan fingerprint density at radius 3 is 2.38 bits per heavy atom. The highest BCUT2D eigenvalue weighted by atomic mass is 35.5. The summed E-state index contributed by atoms with van der Waals surface area (Å²) < 4.78 is 12.9. The first-order chi connectivity index (χ1) is 19.4. The van der Waals surface area contributed by atoms with E-state index in [0.717, 1.165) is 10.9 Å². The number of halogens is 1. The molecule has 0 spiro atoms. The second-order valence-electron chi connectivity index (χ2n) is 8.91. The quantitative estimate of drug-likeness (QED) is 0.257. The van der Waals surface area contributed by atoms with Crippen molar-refractivity contribution in [2.24, 2.45) is 0 Å². The van der Waals surface area contributed by atoms with Gasteiger partial charge in [-0.3, -0.25) is 9.78 Å². The fraction of sp³-hybridized carbons (Fsp3) is 0.133. The number of nitrogens with zero attached hydrogens (tertiary/aromatic N) is 3. The number of methoxy groups -OCH3 is 2. The molecule has 0 unspecified atom stereocenters. The molecule has 0 aliphatic carbocycles. The van der Waals surface area contributed by atoms with Crippen molar-refractivity contribution in [1.29, 1.82) is 0 Å². The molecule has 0 fully saturated rings. The number of amides is 1. The van der Waals surface area contributed by atoms with Crippen LogP contribution in [0.3, 0.4) is 0 Å². The molecule has 5 rings (SSSR count). The zero-order valence-electron chi connectivity index (χ0n) is 21.7. The minimum Gasteiger partial charge on any atom is -0.496 e. The van der Waals surface area contributed by atoms with Gasteiger partial charge in [-0.15, -0.1) is 0 Å². The molecule has 1 atom stereocenters. The zero-order valence-corrected chi connectivity index (χ0v) is 22.4. The highest BCUT2D eigenvalue weighted by molar-refractivity contribution is 6.31. The van der Waals surface area contributed by atoms with Gasteiger partial charge < -0.3 is 19.9 Å². The summed E-state index contributed by atoms with van der Waals surface area (Å²) in [5.41, 5.74) is 3.12. The van der Waals surface area contributed by atoms with Crippen molar-refractivity contribution in [2.75, 3.05) is 14.2 Å². The highest BCUT2D eigenvalue weighted by Gasteiger charge is 2.26. The van der Waals surface area contributed by atoms with Crippen LogP contribution >= 0.6 is 11.6 Å². The second kappa shape index (κ2) is 11.5. The number of fused-ring (bicyclic) bond motifs is 1. The van der Waals surface area contributed by atoms with Gasteiger partial charge >= 0.3 is 5.97 Å². The summed E-state index contributed by atoms with van der Waals surface area (Å²) in [4.78, 5) is 29.9. The van der Waals surface area contributed by atoms with E-state index in [2.05, 4.69) is 15.4 Å². The van der Waals surface area contributed by atoms with Crippen molar-refractivity contribution in [1.82, 2.24) is 20.1 Å². The first-order valence-corrected chi connectivity index (χ1v) is 12.7. The van der Waals surface area contributed by atoms with E-state index in [4.69, 9.17) is 21.1 Å². The summed E-state index contributed by atoms with van der Waals surface area (Å²) in [6.45, 7) is 0. The van der Waals surface area contributed by atoms with E-state index in [9.17, 15) is 14.7 Å². The number of aromatic nitrogens is 3. The zero-order chi connectivity index (χ0) is 28.2. The summed E-state index contributed by atoms with van der Waals surface area (Å²) in [5.74, 6) is -0.790. The van der Waals surface area contributed by atoms with Crippen molar-refractivity contribution >= 4 is 34.4 Å². The number of ether oxygens (including phenoxy) is 2. The maximum absolute atomic E-state index is 13.5. The number of rotatable bonds is 9. The van der Waals surface area contributed by atoms with Crippen molar-refractivity contribution in [3.63, 3.8) is 0 Å². The minimum atomic E-state index is -1.16. The molecule has 0 saturated heterocycles. The van der Waals surface area contributed by atoms with Crippen LogP contribution in [0.4, 0.5) is 0 Å². The van der Waals surface area contributed by atoms with Crippen LogP contribution in [0.5, 0.6) is 11.5 Å². The molecule has 0 aliphatic rings. The average Bonchev–Trinajstić information content (AvgIpc) is 3.41. The Hall–Kier alpha value is -4.89. The number of carboxylic acid groups (broad SMARTS) is 1. The van der Waals surface area contributed by atoms with Crippen molar-refractivity contribution < 1.29 is 24.2 Å². The third-order valence-electron chi connectivity index (χ3n) is 6.42. The number of aliphatic carboxylic acids is 1. The lowest BCUT2D eigenvalue weighted by Crippen LogP contribution is -2.42. The van der Waals surface area contributed by atoms with Crippen molar-refractivity contribution in [3.05, 3.63) is 101 Å². The maximum atomic E-state index is 13.5. The molecule has 2 aromatic heterocycles. The van der Waals surface area contributed by atoms with E-state index in [1.54, 1.807) is 53.3 Å². The Kier molecular flexibility index (Phi) is 7.65. The largest absolute Gasteiger partial charge is 0.496 e. The van der Waals surface area contributed by atoms with Crippen LogP contribution in [0.2, 0.25) is 5.02 Å². The van der Waals surface area contributed by atoms with E-state index < -0.39 is 17.9 Å². The topological polar surface area (TPSA) is 116 Å². The predicted octanol–water partition coefficient (Wildman–Crippen LogP) is 5.18. The van der Waals surface area contributed by atoms with Gasteiger partial charge in [0.1, 0.15) is 17.5 Å². The van der Waals surface area contributed by atoms with Gasteiger partial charge in [0.15, 0.2) is 5.69 Å². The van der Waals surface area contributed by atoms with Crippen LogP contribution in [-0.2, 0) is 11.2 Å². The van der Waals surface area contributed by atoms with Crippen LogP contribution in [0, 0.1) is 0 Å². The third kappa shape index (κ3) is 5.32. The monoisotopic (exact) mass is 556 g/mol. The van der Waals surface area contributed by atoms with E-state index in [1.165, 1.54) is 14.2 Å². The van der Waals surface area contributed by atoms with Gasteiger partial charge in [-0.2, -0.15) is 5.10 Å². The van der Waals surface area contributed by atoms with E-state index in [1.807, 2.05) is 36.4 Å². The minimum absolute atomic E-state index is 0.0150. The molecule has 1 amide bonds. The molecular weight excluding hydrogens is 532 g/mol. The highest BCUT2D eigenvalue weighted by Crippen LogP contribution is 2.40. The Morgan fingerprint density at radius 2 is 1.70 bits per heavy atom. The van der Waals surface area contributed by atoms with E-state index in [0.29, 0.717) is 39.0 Å². The Labute approximate surface area is 234 Å². The summed E-state index contributed by atoms with van der Waals surface area (Å²) in [5, 5.41) is 18.4. The second-order valence-corrected chi connectivity index (χ2v) is 9.35. The molecule has 2 N–H and O–H groups in total. The van der Waals surface area contributed by atoms with E-state index in [-0.39, 0.29) is 12.1 Å². The number of nitrogens with one attached hydrogen (secondary N) is 1. The number of hydrogen-bond donors (Lipinski definition) is 2. The van der Waals surface area contributed by atoms with Gasteiger partial charge in [0, 0.05) is 23.0 Å². The van der Waals surface area contributed by atoms with Gasteiger partial charge in [0.05, 0.1) is 36.7 Å². The molecule has 10 heteroatoms. The van der Waals surface area contributed by atoms with Crippen LogP contribution in [0.25, 0.3) is 27.8 Å². The average molecular weight is 557 g/mol. The Balaban J connectivity index is 1.64. The maximum Gasteiger partial charge on any atom is 0.326 e. The van der Waals surface area contributed by atoms with Crippen LogP contribution in [0.1, 0.15) is 16.1 Å². The summed E-state index contributed by atoms with van der Waals surface area (Å²) >= 11 is 6.20. The summed E-state index contributed by atoms with van der Waals surface area (Å²) in [7, 11) is 3.08. The molecule has 2 heterocycles. The number of pyridine rings is 1.